The first-order valence-electron chi connectivity index (χ1n) is 3.69. The third-order valence-electron chi connectivity index (χ3n) is 1.67. The van der Waals surface area contributed by atoms with Gasteiger partial charge in [0.25, 0.3) is 12.3 Å². The first kappa shape index (κ1) is 11.0. The van der Waals surface area contributed by atoms with E-state index in [1.165, 1.54) is 6.20 Å². The standard InChI is InChI=1S/C8H7BrF2N2O/c9-3-5-6(8(12)14)4(7(10)11)1-2-13-5/h1-2,7H,3H2,(H2,12,14). The molecule has 1 aromatic heterocycles. The van der Waals surface area contributed by atoms with Crippen molar-refractivity contribution in [1.29, 1.82) is 0 Å². The maximum atomic E-state index is 12.5. The molecule has 0 spiro atoms. The summed E-state index contributed by atoms with van der Waals surface area (Å²) in [5, 5.41) is 0.214. The number of rotatable bonds is 3. The second kappa shape index (κ2) is 4.45. The summed E-state index contributed by atoms with van der Waals surface area (Å²) in [5.41, 5.74) is 4.66. The lowest BCUT2D eigenvalue weighted by Crippen LogP contribution is -2.17. The van der Waals surface area contributed by atoms with Crippen LogP contribution in [0.1, 0.15) is 28.0 Å². The van der Waals surface area contributed by atoms with Crippen molar-refractivity contribution in [2.45, 2.75) is 11.8 Å². The Morgan fingerprint density at radius 2 is 2.29 bits per heavy atom. The lowest BCUT2D eigenvalue weighted by atomic mass is 10.1. The van der Waals surface area contributed by atoms with Crippen molar-refractivity contribution in [2.75, 3.05) is 0 Å². The molecule has 0 aliphatic heterocycles. The number of pyridine rings is 1. The van der Waals surface area contributed by atoms with E-state index in [4.69, 9.17) is 5.73 Å². The SMILES string of the molecule is NC(=O)c1c(C(F)F)ccnc1CBr. The topological polar surface area (TPSA) is 56.0 Å². The van der Waals surface area contributed by atoms with Crippen LogP contribution in [0.2, 0.25) is 0 Å². The number of primary amides is 1. The van der Waals surface area contributed by atoms with Crippen molar-refractivity contribution in [3.05, 3.63) is 29.1 Å². The van der Waals surface area contributed by atoms with Crippen LogP contribution >= 0.6 is 15.9 Å². The zero-order valence-electron chi connectivity index (χ0n) is 7.01. The van der Waals surface area contributed by atoms with Gasteiger partial charge in [-0.25, -0.2) is 8.78 Å². The summed E-state index contributed by atoms with van der Waals surface area (Å²) in [6.07, 6.45) is -1.50. The maximum Gasteiger partial charge on any atom is 0.264 e. The molecule has 1 amide bonds. The summed E-state index contributed by atoms with van der Waals surface area (Å²) in [4.78, 5) is 14.7. The van der Waals surface area contributed by atoms with E-state index in [2.05, 4.69) is 20.9 Å². The van der Waals surface area contributed by atoms with Crippen LogP contribution in [0.15, 0.2) is 12.3 Å². The second-order valence-electron chi connectivity index (χ2n) is 2.52. The Balaban J connectivity index is 3.35. The van der Waals surface area contributed by atoms with Crippen LogP contribution in [0.3, 0.4) is 0 Å². The largest absolute Gasteiger partial charge is 0.366 e. The Kier molecular flexibility index (Phi) is 3.51. The Morgan fingerprint density at radius 1 is 1.64 bits per heavy atom. The third kappa shape index (κ3) is 2.06. The van der Waals surface area contributed by atoms with Crippen LogP contribution < -0.4 is 5.73 Å². The molecule has 6 heteroatoms. The van der Waals surface area contributed by atoms with Gasteiger partial charge in [0.2, 0.25) is 0 Å². The van der Waals surface area contributed by atoms with Gasteiger partial charge in [-0.2, -0.15) is 0 Å². The maximum absolute atomic E-state index is 12.5. The highest BCUT2D eigenvalue weighted by Gasteiger charge is 2.20. The molecular formula is C8H7BrF2N2O. The number of amides is 1. The van der Waals surface area contributed by atoms with Crippen molar-refractivity contribution < 1.29 is 13.6 Å². The summed E-state index contributed by atoms with van der Waals surface area (Å²) >= 11 is 3.04. The third-order valence-corrected chi connectivity index (χ3v) is 2.20. The Hall–Kier alpha value is -1.04. The average molecular weight is 265 g/mol. The number of carbonyl (C=O) groups excluding carboxylic acids is 1. The summed E-state index contributed by atoms with van der Waals surface area (Å²) in [6, 6.07) is 1.09. The van der Waals surface area contributed by atoms with Crippen molar-refractivity contribution in [1.82, 2.24) is 4.98 Å². The molecule has 0 atom stereocenters. The molecule has 2 N–H and O–H groups in total. The van der Waals surface area contributed by atoms with E-state index in [1.807, 2.05) is 0 Å². The second-order valence-corrected chi connectivity index (χ2v) is 3.08. The van der Waals surface area contributed by atoms with Gasteiger partial charge in [0.1, 0.15) is 0 Å². The summed E-state index contributed by atoms with van der Waals surface area (Å²) < 4.78 is 24.9. The molecule has 0 aliphatic rings. The predicted molar refractivity (Wildman–Crippen MR) is 50.3 cm³/mol. The normalized spacial score (nSPS) is 10.6. The van der Waals surface area contributed by atoms with E-state index in [0.29, 0.717) is 0 Å². The zero-order valence-corrected chi connectivity index (χ0v) is 8.59. The number of alkyl halides is 3. The first-order chi connectivity index (χ1) is 6.57. The molecule has 1 rings (SSSR count). The van der Waals surface area contributed by atoms with E-state index in [1.54, 1.807) is 0 Å². The molecule has 0 aliphatic carbocycles. The minimum Gasteiger partial charge on any atom is -0.366 e. The number of hydrogen-bond donors (Lipinski definition) is 1. The van der Waals surface area contributed by atoms with Crippen LogP contribution in [0.5, 0.6) is 0 Å². The van der Waals surface area contributed by atoms with Crippen molar-refractivity contribution in [3.63, 3.8) is 0 Å². The molecule has 76 valence electrons. The molecule has 0 saturated carbocycles. The number of hydrogen-bond acceptors (Lipinski definition) is 2. The molecule has 0 bridgehead atoms. The van der Waals surface area contributed by atoms with Gasteiger partial charge >= 0.3 is 0 Å². The molecule has 0 saturated heterocycles. The minimum absolute atomic E-state index is 0.195. The van der Waals surface area contributed by atoms with Gasteiger partial charge in [0.05, 0.1) is 11.3 Å². The monoisotopic (exact) mass is 264 g/mol. The average Bonchev–Trinajstić information content (AvgIpc) is 2.16. The lowest BCUT2D eigenvalue weighted by molar-refractivity contribution is 0.0984. The van der Waals surface area contributed by atoms with Crippen LogP contribution in [0, 0.1) is 0 Å². The highest BCUT2D eigenvalue weighted by atomic mass is 79.9. The van der Waals surface area contributed by atoms with Gasteiger partial charge in [0.15, 0.2) is 0 Å². The fourth-order valence-corrected chi connectivity index (χ4v) is 1.51. The number of aromatic nitrogens is 1. The highest BCUT2D eigenvalue weighted by Crippen LogP contribution is 2.24. The lowest BCUT2D eigenvalue weighted by Gasteiger charge is -2.08. The fraction of sp³-hybridized carbons (Fsp3) is 0.250. The van der Waals surface area contributed by atoms with Gasteiger partial charge in [-0.1, -0.05) is 15.9 Å². The first-order valence-corrected chi connectivity index (χ1v) is 4.81. The zero-order chi connectivity index (χ0) is 10.7. The number of halogens is 3. The molecule has 3 nitrogen and oxygen atoms in total. The van der Waals surface area contributed by atoms with Crippen molar-refractivity contribution >= 4 is 21.8 Å². The summed E-state index contributed by atoms with van der Waals surface area (Å²) in [7, 11) is 0. The molecular weight excluding hydrogens is 258 g/mol. The summed E-state index contributed by atoms with van der Waals surface area (Å²) in [6.45, 7) is 0. The van der Waals surface area contributed by atoms with Crippen LogP contribution in [-0.4, -0.2) is 10.9 Å². The van der Waals surface area contributed by atoms with Crippen LogP contribution in [-0.2, 0) is 5.33 Å². The van der Waals surface area contributed by atoms with Crippen LogP contribution in [0.4, 0.5) is 8.78 Å². The van der Waals surface area contributed by atoms with Gasteiger partial charge in [0, 0.05) is 17.1 Å². The predicted octanol–water partition coefficient (Wildman–Crippen LogP) is 2.01. The van der Waals surface area contributed by atoms with Crippen LogP contribution in [0.25, 0.3) is 0 Å². The molecule has 0 fully saturated rings. The highest BCUT2D eigenvalue weighted by molar-refractivity contribution is 9.08. The number of nitrogens with zero attached hydrogens (tertiary/aromatic N) is 1. The van der Waals surface area contributed by atoms with Crippen molar-refractivity contribution in [3.8, 4) is 0 Å². The number of nitrogens with two attached hydrogens (primary N) is 1. The molecule has 0 unspecified atom stereocenters. The molecule has 0 aromatic carbocycles. The van der Waals surface area contributed by atoms with Crippen molar-refractivity contribution in [2.24, 2.45) is 5.73 Å². The fourth-order valence-electron chi connectivity index (χ4n) is 1.09. The summed E-state index contributed by atoms with van der Waals surface area (Å²) in [5.74, 6) is -0.886. The Labute approximate surface area is 87.4 Å². The van der Waals surface area contributed by atoms with Gasteiger partial charge in [-0.15, -0.1) is 0 Å². The molecule has 0 radical (unpaired) electrons. The van der Waals surface area contributed by atoms with E-state index in [9.17, 15) is 13.6 Å². The molecule has 14 heavy (non-hydrogen) atoms. The quantitative estimate of drug-likeness (QED) is 0.850. The van der Waals surface area contributed by atoms with Gasteiger partial charge < -0.3 is 5.73 Å². The smallest absolute Gasteiger partial charge is 0.264 e. The minimum atomic E-state index is -2.72. The molecule has 1 heterocycles. The van der Waals surface area contributed by atoms with E-state index >= 15 is 0 Å². The Morgan fingerprint density at radius 3 is 2.71 bits per heavy atom. The van der Waals surface area contributed by atoms with Gasteiger partial charge in [-0.3, -0.25) is 9.78 Å². The number of carbonyl (C=O) groups is 1. The van der Waals surface area contributed by atoms with E-state index < -0.39 is 12.3 Å². The van der Waals surface area contributed by atoms with E-state index in [0.717, 1.165) is 6.07 Å². The van der Waals surface area contributed by atoms with Gasteiger partial charge in [-0.05, 0) is 6.07 Å². The van der Waals surface area contributed by atoms with E-state index in [-0.39, 0.29) is 22.2 Å². The molecule has 1 aromatic rings. The Bertz CT molecular complexity index is 357.